The normalized spacial score (nSPS) is 30.6. The molecule has 4 atom stereocenters. The highest BCUT2D eigenvalue weighted by atomic mass is 19.2. The van der Waals surface area contributed by atoms with Crippen LogP contribution >= 0.6 is 0 Å². The zero-order valence-corrected chi connectivity index (χ0v) is 18.6. The molecule has 0 N–H and O–H groups in total. The maximum atomic E-state index is 16.9. The van der Waals surface area contributed by atoms with Gasteiger partial charge in [-0.25, -0.2) is 35.1 Å². The fourth-order valence-corrected chi connectivity index (χ4v) is 4.94. The van der Waals surface area contributed by atoms with Gasteiger partial charge in [-0.15, -0.1) is 0 Å². The summed E-state index contributed by atoms with van der Waals surface area (Å²) >= 11 is 0. The number of alkyl halides is 4. The van der Waals surface area contributed by atoms with Crippen molar-refractivity contribution in [1.82, 2.24) is 0 Å². The zero-order valence-electron chi connectivity index (χ0n) is 18.6. The smallest absolute Gasteiger partial charge is 0.269 e. The van der Waals surface area contributed by atoms with Gasteiger partial charge >= 0.3 is 0 Å². The van der Waals surface area contributed by atoms with Crippen LogP contribution in [0.3, 0.4) is 0 Å². The Kier molecular flexibility index (Phi) is 5.49. The minimum absolute atomic E-state index is 0.795. The number of ketones is 1. The van der Waals surface area contributed by atoms with Crippen molar-refractivity contribution in [3.8, 4) is 5.75 Å². The third-order valence-corrected chi connectivity index (χ3v) is 6.84. The Morgan fingerprint density at radius 2 is 1.03 bits per heavy atom. The minimum atomic E-state index is -4.68. The molecule has 1 fully saturated rings. The van der Waals surface area contributed by atoms with Gasteiger partial charge in [-0.2, -0.15) is 8.78 Å². The molecule has 0 aromatic heterocycles. The summed E-state index contributed by atoms with van der Waals surface area (Å²) in [5.74, 6) is -23.4. The summed E-state index contributed by atoms with van der Waals surface area (Å²) in [4.78, 5) is 13.4. The van der Waals surface area contributed by atoms with Crippen LogP contribution in [0.2, 0.25) is 0 Å². The van der Waals surface area contributed by atoms with Crippen molar-refractivity contribution >= 4 is 5.78 Å². The highest BCUT2D eigenvalue weighted by molar-refractivity contribution is 6.04. The molecular weight excluding hydrogens is 534 g/mol. The summed E-state index contributed by atoms with van der Waals surface area (Å²) < 4.78 is 156. The average molecular weight is 546 g/mol. The number of ether oxygens (including phenoxy) is 1. The molecule has 0 heterocycles. The molecule has 3 aliphatic rings. The van der Waals surface area contributed by atoms with Crippen LogP contribution in [0.4, 0.5) is 43.9 Å². The van der Waals surface area contributed by atoms with E-state index < -0.39 is 92.4 Å². The van der Waals surface area contributed by atoms with Crippen LogP contribution in [-0.4, -0.2) is 17.1 Å². The fourth-order valence-electron chi connectivity index (χ4n) is 4.94. The first-order valence-corrected chi connectivity index (χ1v) is 10.8. The van der Waals surface area contributed by atoms with Crippen molar-refractivity contribution in [2.24, 2.45) is 0 Å². The third-order valence-electron chi connectivity index (χ3n) is 6.84. The zero-order chi connectivity index (χ0) is 27.8. The van der Waals surface area contributed by atoms with Crippen molar-refractivity contribution in [2.75, 3.05) is 0 Å². The van der Waals surface area contributed by atoms with Crippen molar-refractivity contribution in [3.63, 3.8) is 0 Å². The van der Waals surface area contributed by atoms with Crippen molar-refractivity contribution in [3.05, 3.63) is 112 Å². The SMILES string of the molecule is O=C1[C@@]2(F)C(Oc3c(F)c(F)c(F)c(F)c3F)=C(F)[C@](F)(C[C@]2(F)c2ccccc2)[C@@]1(F)c1ccccc1. The number of halogens is 10. The van der Waals surface area contributed by atoms with E-state index in [0.717, 1.165) is 48.5 Å². The quantitative estimate of drug-likeness (QED) is 0.199. The van der Waals surface area contributed by atoms with Crippen molar-refractivity contribution in [2.45, 2.75) is 29.1 Å². The molecule has 0 spiro atoms. The van der Waals surface area contributed by atoms with E-state index in [1.54, 1.807) is 0 Å². The first-order valence-electron chi connectivity index (χ1n) is 10.8. The largest absolute Gasteiger partial charge is 0.448 e. The van der Waals surface area contributed by atoms with Gasteiger partial charge in [-0.05, 0) is 5.56 Å². The summed E-state index contributed by atoms with van der Waals surface area (Å²) in [7, 11) is 0. The van der Waals surface area contributed by atoms with Crippen LogP contribution in [0.5, 0.6) is 5.75 Å². The monoisotopic (exact) mass is 546 g/mol. The van der Waals surface area contributed by atoms with Gasteiger partial charge in [0.05, 0.1) is 0 Å². The predicted molar refractivity (Wildman–Crippen MR) is 111 cm³/mol. The van der Waals surface area contributed by atoms with E-state index >= 15 is 22.0 Å². The Hall–Kier alpha value is -3.83. The van der Waals surface area contributed by atoms with Crippen molar-refractivity contribution < 1.29 is 53.4 Å². The molecule has 12 heteroatoms. The molecule has 2 nitrogen and oxygen atoms in total. The summed E-state index contributed by atoms with van der Waals surface area (Å²) in [5.41, 5.74) is -19.0. The van der Waals surface area contributed by atoms with E-state index in [9.17, 15) is 26.7 Å². The van der Waals surface area contributed by atoms with E-state index in [-0.39, 0.29) is 0 Å². The molecule has 6 rings (SSSR count). The molecule has 38 heavy (non-hydrogen) atoms. The highest BCUT2D eigenvalue weighted by Gasteiger charge is 2.86. The van der Waals surface area contributed by atoms with Crippen LogP contribution in [0.1, 0.15) is 17.5 Å². The Balaban J connectivity index is 1.84. The van der Waals surface area contributed by atoms with Crippen molar-refractivity contribution in [1.29, 1.82) is 0 Å². The minimum Gasteiger partial charge on any atom is -0.448 e. The number of carbonyl (C=O) groups is 1. The second kappa shape index (κ2) is 8.08. The molecule has 0 saturated heterocycles. The number of allylic oxidation sites excluding steroid dienone is 2. The van der Waals surface area contributed by atoms with E-state index in [1.807, 2.05) is 0 Å². The lowest BCUT2D eigenvalue weighted by Crippen LogP contribution is -2.75. The first-order chi connectivity index (χ1) is 17.8. The Morgan fingerprint density at radius 1 is 0.579 bits per heavy atom. The summed E-state index contributed by atoms with van der Waals surface area (Å²) in [6.45, 7) is 0. The number of hydrogen-bond acceptors (Lipinski definition) is 2. The third kappa shape index (κ3) is 2.88. The molecule has 3 aromatic carbocycles. The number of benzene rings is 3. The molecule has 198 valence electrons. The summed E-state index contributed by atoms with van der Waals surface area (Å²) in [5, 5.41) is 0. The van der Waals surface area contributed by atoms with E-state index in [1.165, 1.54) is 12.1 Å². The summed E-state index contributed by atoms with van der Waals surface area (Å²) in [6, 6.07) is 10.3. The van der Waals surface area contributed by atoms with Crippen LogP contribution in [0.25, 0.3) is 0 Å². The molecule has 3 aliphatic carbocycles. The molecule has 0 amide bonds. The molecule has 0 unspecified atom stereocenters. The van der Waals surface area contributed by atoms with Gasteiger partial charge in [0.2, 0.25) is 52.0 Å². The van der Waals surface area contributed by atoms with Crippen LogP contribution < -0.4 is 4.74 Å². The molecule has 3 aromatic rings. The van der Waals surface area contributed by atoms with Gasteiger partial charge in [0.15, 0.2) is 17.3 Å². The highest BCUT2D eigenvalue weighted by Crippen LogP contribution is 2.69. The van der Waals surface area contributed by atoms with Gasteiger partial charge in [0.1, 0.15) is 0 Å². The lowest BCUT2D eigenvalue weighted by Gasteiger charge is -2.56. The fraction of sp³-hybridized carbons (Fsp3) is 0.192. The lowest BCUT2D eigenvalue weighted by atomic mass is 9.52. The number of hydrogen-bond donors (Lipinski definition) is 0. The average Bonchev–Trinajstić information content (AvgIpc) is 2.93. The topological polar surface area (TPSA) is 26.3 Å². The van der Waals surface area contributed by atoms with Crippen LogP contribution in [0.15, 0.2) is 72.2 Å². The van der Waals surface area contributed by atoms with Gasteiger partial charge in [-0.3, -0.25) is 4.79 Å². The Bertz CT molecular complexity index is 1480. The number of Topliss-reactive ketones (excluding diaryl/α,β-unsaturated/α-hetero) is 1. The molecule has 0 radical (unpaired) electrons. The maximum Gasteiger partial charge on any atom is 0.269 e. The molecular formula is C26H12F10O2. The number of fused-ring (bicyclic) bond motifs is 2. The standard InChI is InChI=1S/C26H12F10O2/c27-14-15(28)17(30)19(18(31)16(14)29)38-21-20(32)24(34)11-23(33,12-7-3-1-4-8-12)26(21,36)22(37)25(24,35)13-9-5-2-6-10-13/h1-10H,11H2/t23-,24+,25+,26-/m0/s1. The van der Waals surface area contributed by atoms with Gasteiger partial charge in [0, 0.05) is 12.0 Å². The van der Waals surface area contributed by atoms with E-state index in [0.29, 0.717) is 0 Å². The Labute approximate surface area is 207 Å². The summed E-state index contributed by atoms with van der Waals surface area (Å²) in [6.07, 6.45) is -1.99. The molecule has 0 aliphatic heterocycles. The van der Waals surface area contributed by atoms with Crippen LogP contribution in [0, 0.1) is 29.1 Å². The van der Waals surface area contributed by atoms with Gasteiger partial charge in [0.25, 0.3) is 5.67 Å². The van der Waals surface area contributed by atoms with Crippen LogP contribution in [-0.2, 0) is 16.1 Å². The number of rotatable bonds is 4. The maximum absolute atomic E-state index is 16.9. The lowest BCUT2D eigenvalue weighted by molar-refractivity contribution is -0.208. The second-order valence-electron chi connectivity index (χ2n) is 8.80. The number of carbonyl (C=O) groups excluding carboxylic acids is 1. The molecule has 2 bridgehead atoms. The predicted octanol–water partition coefficient (Wildman–Crippen LogP) is 7.08. The molecule has 1 saturated carbocycles. The second-order valence-corrected chi connectivity index (χ2v) is 8.80. The van der Waals surface area contributed by atoms with E-state index in [4.69, 9.17) is 0 Å². The van der Waals surface area contributed by atoms with Gasteiger partial charge in [-0.1, -0.05) is 60.7 Å². The van der Waals surface area contributed by atoms with Gasteiger partial charge < -0.3 is 4.74 Å². The first kappa shape index (κ1) is 25.8. The van der Waals surface area contributed by atoms with E-state index in [2.05, 4.69) is 4.74 Å². The Morgan fingerprint density at radius 3 is 1.53 bits per heavy atom.